The van der Waals surface area contributed by atoms with Gasteiger partial charge in [-0.1, -0.05) is 12.1 Å². The average molecular weight is 302 g/mol. The number of carbonyl (C=O) groups excluding carboxylic acids is 2. The van der Waals surface area contributed by atoms with Crippen LogP contribution in [0.1, 0.15) is 20.7 Å². The van der Waals surface area contributed by atoms with Crippen molar-refractivity contribution in [3.05, 3.63) is 66.0 Å². The van der Waals surface area contributed by atoms with Crippen molar-refractivity contribution >= 4 is 11.6 Å². The van der Waals surface area contributed by atoms with Crippen LogP contribution in [-0.2, 0) is 0 Å². The first-order valence-corrected chi connectivity index (χ1v) is 6.99. The van der Waals surface area contributed by atoms with E-state index in [1.165, 1.54) is 0 Å². The summed E-state index contributed by atoms with van der Waals surface area (Å²) in [6, 6.07) is 11.4. The van der Waals surface area contributed by atoms with Gasteiger partial charge in [0, 0.05) is 18.0 Å². The second-order valence-corrected chi connectivity index (χ2v) is 5.22. The molecule has 0 unspecified atom stereocenters. The molecule has 0 aliphatic heterocycles. The number of ketones is 2. The van der Waals surface area contributed by atoms with Crippen LogP contribution < -0.4 is 0 Å². The lowest BCUT2D eigenvalue weighted by Gasteiger charge is -2.16. The van der Waals surface area contributed by atoms with Gasteiger partial charge < -0.3 is 5.11 Å². The molecule has 1 aromatic carbocycles. The van der Waals surface area contributed by atoms with Crippen molar-refractivity contribution in [2.75, 3.05) is 0 Å². The number of aromatic nitrogens is 2. The summed E-state index contributed by atoms with van der Waals surface area (Å²) >= 11 is 0. The monoisotopic (exact) mass is 302 g/mol. The minimum Gasteiger partial charge on any atom is -0.508 e. The first kappa shape index (κ1) is 13.3. The van der Waals surface area contributed by atoms with Gasteiger partial charge in [-0.2, -0.15) is 0 Å². The number of Topliss-reactive ketones (excluding diaryl/α,β-unsaturated/α-hetero) is 2. The summed E-state index contributed by atoms with van der Waals surface area (Å²) < 4.78 is 0. The van der Waals surface area contributed by atoms with E-state index in [0.717, 1.165) is 5.56 Å². The van der Waals surface area contributed by atoms with E-state index < -0.39 is 11.6 Å². The lowest BCUT2D eigenvalue weighted by molar-refractivity contribution is 0.0814. The molecule has 1 N–H and O–H groups in total. The molecule has 3 aromatic rings. The van der Waals surface area contributed by atoms with Crippen molar-refractivity contribution in [3.63, 3.8) is 0 Å². The van der Waals surface area contributed by atoms with Gasteiger partial charge in [0.25, 0.3) is 0 Å². The van der Waals surface area contributed by atoms with Crippen LogP contribution in [0.5, 0.6) is 5.75 Å². The average Bonchev–Trinajstić information content (AvgIpc) is 2.60. The fourth-order valence-corrected chi connectivity index (χ4v) is 2.66. The Labute approximate surface area is 131 Å². The maximum Gasteiger partial charge on any atom is 0.235 e. The summed E-state index contributed by atoms with van der Waals surface area (Å²) in [5, 5.41) is 9.36. The minimum atomic E-state index is -0.575. The number of benzene rings is 1. The van der Waals surface area contributed by atoms with Crippen LogP contribution in [0.3, 0.4) is 0 Å². The first-order chi connectivity index (χ1) is 11.1. The normalized spacial score (nSPS) is 12.7. The second kappa shape index (κ2) is 4.84. The molecule has 2 aromatic heterocycles. The van der Waals surface area contributed by atoms with Gasteiger partial charge in [0.1, 0.15) is 17.1 Å². The molecule has 0 saturated carbocycles. The Hall–Kier alpha value is -3.34. The molecule has 0 bridgehead atoms. The van der Waals surface area contributed by atoms with E-state index in [1.807, 2.05) is 0 Å². The summed E-state index contributed by atoms with van der Waals surface area (Å²) in [7, 11) is 0. The van der Waals surface area contributed by atoms with E-state index in [-0.39, 0.29) is 16.9 Å². The summed E-state index contributed by atoms with van der Waals surface area (Å²) in [6.07, 6.45) is 3.20. The molecular formula is C18H10N2O3. The van der Waals surface area contributed by atoms with Gasteiger partial charge in [-0.05, 0) is 35.9 Å². The smallest absolute Gasteiger partial charge is 0.235 e. The topological polar surface area (TPSA) is 80.2 Å². The van der Waals surface area contributed by atoms with Gasteiger partial charge >= 0.3 is 0 Å². The molecule has 1 aliphatic rings. The largest absolute Gasteiger partial charge is 0.508 e. The van der Waals surface area contributed by atoms with Gasteiger partial charge in [-0.15, -0.1) is 0 Å². The third-order valence-electron chi connectivity index (χ3n) is 3.82. The maximum atomic E-state index is 12.4. The lowest BCUT2D eigenvalue weighted by atomic mass is 9.89. The lowest BCUT2D eigenvalue weighted by Crippen LogP contribution is -2.22. The zero-order valence-corrected chi connectivity index (χ0v) is 11.9. The van der Waals surface area contributed by atoms with Gasteiger partial charge in [0.2, 0.25) is 11.6 Å². The van der Waals surface area contributed by atoms with Crippen LogP contribution in [-0.4, -0.2) is 26.6 Å². The van der Waals surface area contributed by atoms with Crippen molar-refractivity contribution in [2.45, 2.75) is 0 Å². The standard InChI is InChI=1S/C18H10N2O3/c21-12-5-3-10(4-6-12)11-8-14-16(20-9-11)15-13(2-1-7-19-15)17(22)18(14)23/h1-9,21H. The van der Waals surface area contributed by atoms with Crippen LogP contribution in [0.15, 0.2) is 54.9 Å². The number of hydrogen-bond donors (Lipinski definition) is 1. The van der Waals surface area contributed by atoms with Gasteiger partial charge in [-0.3, -0.25) is 19.6 Å². The molecule has 0 radical (unpaired) electrons. The summed E-state index contributed by atoms with van der Waals surface area (Å²) in [5.74, 6) is -0.983. The number of hydrogen-bond acceptors (Lipinski definition) is 5. The molecule has 110 valence electrons. The quantitative estimate of drug-likeness (QED) is 0.699. The van der Waals surface area contributed by atoms with Crippen LogP contribution in [0.25, 0.3) is 22.5 Å². The van der Waals surface area contributed by atoms with E-state index in [9.17, 15) is 14.7 Å². The van der Waals surface area contributed by atoms with Crippen molar-refractivity contribution < 1.29 is 14.7 Å². The third-order valence-corrected chi connectivity index (χ3v) is 3.82. The summed E-state index contributed by atoms with van der Waals surface area (Å²) in [4.78, 5) is 33.1. The molecule has 23 heavy (non-hydrogen) atoms. The van der Waals surface area contributed by atoms with Gasteiger partial charge in [0.05, 0.1) is 11.1 Å². The zero-order chi connectivity index (χ0) is 16.0. The van der Waals surface area contributed by atoms with Crippen molar-refractivity contribution in [1.29, 1.82) is 0 Å². The summed E-state index contributed by atoms with van der Waals surface area (Å²) in [5.41, 5.74) is 2.90. The van der Waals surface area contributed by atoms with Crippen LogP contribution in [0.2, 0.25) is 0 Å². The van der Waals surface area contributed by atoms with E-state index in [0.29, 0.717) is 17.0 Å². The highest BCUT2D eigenvalue weighted by Gasteiger charge is 2.32. The fourth-order valence-electron chi connectivity index (χ4n) is 2.66. The highest BCUT2D eigenvalue weighted by Crippen LogP contribution is 2.32. The van der Waals surface area contributed by atoms with E-state index in [2.05, 4.69) is 9.97 Å². The van der Waals surface area contributed by atoms with Gasteiger partial charge in [-0.25, -0.2) is 0 Å². The fraction of sp³-hybridized carbons (Fsp3) is 0. The first-order valence-electron chi connectivity index (χ1n) is 6.99. The molecule has 4 rings (SSSR count). The molecule has 5 heteroatoms. The van der Waals surface area contributed by atoms with Crippen LogP contribution >= 0.6 is 0 Å². The number of pyridine rings is 2. The number of phenolic OH excluding ortho intramolecular Hbond substituents is 1. The van der Waals surface area contributed by atoms with Crippen molar-refractivity contribution in [1.82, 2.24) is 9.97 Å². The molecule has 0 amide bonds. The number of nitrogens with zero attached hydrogens (tertiary/aromatic N) is 2. The van der Waals surface area contributed by atoms with E-state index in [1.54, 1.807) is 54.9 Å². The molecule has 1 aliphatic carbocycles. The number of aromatic hydroxyl groups is 1. The number of fused-ring (bicyclic) bond motifs is 3. The van der Waals surface area contributed by atoms with Crippen molar-refractivity contribution in [2.24, 2.45) is 0 Å². The molecular weight excluding hydrogens is 292 g/mol. The SMILES string of the molecule is O=C1C(=O)c2cc(-c3ccc(O)cc3)cnc2-c2ncccc21. The zero-order valence-electron chi connectivity index (χ0n) is 11.9. The highest BCUT2D eigenvalue weighted by atomic mass is 16.3. The highest BCUT2D eigenvalue weighted by molar-refractivity contribution is 6.52. The van der Waals surface area contributed by atoms with Crippen molar-refractivity contribution in [3.8, 4) is 28.3 Å². The second-order valence-electron chi connectivity index (χ2n) is 5.22. The Morgan fingerprint density at radius 1 is 0.783 bits per heavy atom. The Morgan fingerprint density at radius 2 is 1.48 bits per heavy atom. The minimum absolute atomic E-state index is 0.157. The van der Waals surface area contributed by atoms with Gasteiger partial charge in [0.15, 0.2) is 0 Å². The van der Waals surface area contributed by atoms with Crippen LogP contribution in [0.4, 0.5) is 0 Å². The van der Waals surface area contributed by atoms with Crippen LogP contribution in [0, 0.1) is 0 Å². The maximum absolute atomic E-state index is 12.4. The van der Waals surface area contributed by atoms with E-state index in [4.69, 9.17) is 0 Å². The predicted octanol–water partition coefficient (Wildman–Crippen LogP) is 2.90. The Morgan fingerprint density at radius 3 is 2.26 bits per heavy atom. The Balaban J connectivity index is 1.92. The Bertz CT molecular complexity index is 962. The number of phenols is 1. The molecule has 5 nitrogen and oxygen atoms in total. The summed E-state index contributed by atoms with van der Waals surface area (Å²) in [6.45, 7) is 0. The molecule has 0 spiro atoms. The molecule has 0 fully saturated rings. The predicted molar refractivity (Wildman–Crippen MR) is 83.2 cm³/mol. The molecule has 0 saturated heterocycles. The number of rotatable bonds is 1. The third kappa shape index (κ3) is 2.02. The Kier molecular flexibility index (Phi) is 2.81. The molecule has 2 heterocycles. The van der Waals surface area contributed by atoms with E-state index >= 15 is 0 Å². The molecule has 0 atom stereocenters. The number of carbonyl (C=O) groups is 2.